The lowest BCUT2D eigenvalue weighted by molar-refractivity contribution is -0.0287. The van der Waals surface area contributed by atoms with Gasteiger partial charge in [-0.05, 0) is 55.7 Å². The van der Waals surface area contributed by atoms with E-state index in [0.717, 1.165) is 34.4 Å². The fraction of sp³-hybridized carbons (Fsp3) is 0.269. The van der Waals surface area contributed by atoms with Crippen molar-refractivity contribution in [3.05, 3.63) is 88.4 Å². The van der Waals surface area contributed by atoms with E-state index in [0.29, 0.717) is 23.6 Å². The number of aromatic nitrogens is 2. The zero-order valence-corrected chi connectivity index (χ0v) is 18.7. The van der Waals surface area contributed by atoms with Gasteiger partial charge in [-0.25, -0.2) is 14.8 Å². The quantitative estimate of drug-likeness (QED) is 0.543. The standard InChI is InChI=1S/C26H24N2O5/c1-26(2)23(12-18-11-17-8-10-25(29)31-21(17)14-22(18)33-26)32-24-13-20(27-15-28-24)16-5-4-6-19(30-3)9-7-16/h4,6-11,13-15,23H,5,12H2,1-3H3/t23-/m0/s1. The van der Waals surface area contributed by atoms with E-state index in [9.17, 15) is 4.79 Å². The van der Waals surface area contributed by atoms with Gasteiger partial charge in [-0.3, -0.25) is 0 Å². The minimum atomic E-state index is -0.624. The molecule has 3 aromatic rings. The van der Waals surface area contributed by atoms with Crippen molar-refractivity contribution in [2.75, 3.05) is 7.11 Å². The molecule has 7 heteroatoms. The lowest BCUT2D eigenvalue weighted by Crippen LogP contribution is -2.49. The molecule has 0 N–H and O–H groups in total. The van der Waals surface area contributed by atoms with Crippen LogP contribution < -0.4 is 15.1 Å². The largest absolute Gasteiger partial charge is 0.497 e. The Balaban J connectivity index is 1.42. The summed E-state index contributed by atoms with van der Waals surface area (Å²) in [5.74, 6) is 1.98. The molecule has 0 bridgehead atoms. The van der Waals surface area contributed by atoms with Crippen molar-refractivity contribution < 1.29 is 18.6 Å². The van der Waals surface area contributed by atoms with E-state index in [2.05, 4.69) is 9.97 Å². The van der Waals surface area contributed by atoms with Crippen LogP contribution in [0, 0.1) is 0 Å². The number of allylic oxidation sites excluding steroid dienone is 5. The summed E-state index contributed by atoms with van der Waals surface area (Å²) < 4.78 is 23.2. The highest BCUT2D eigenvalue weighted by molar-refractivity contribution is 5.79. The van der Waals surface area contributed by atoms with Gasteiger partial charge in [-0.2, -0.15) is 0 Å². The van der Waals surface area contributed by atoms with Gasteiger partial charge >= 0.3 is 5.63 Å². The molecule has 0 saturated carbocycles. The molecule has 0 saturated heterocycles. The van der Waals surface area contributed by atoms with Crippen LogP contribution in [0.3, 0.4) is 0 Å². The van der Waals surface area contributed by atoms with Gasteiger partial charge < -0.3 is 18.6 Å². The first kappa shape index (κ1) is 21.0. The fourth-order valence-electron chi connectivity index (χ4n) is 4.04. The molecule has 33 heavy (non-hydrogen) atoms. The predicted octanol–water partition coefficient (Wildman–Crippen LogP) is 4.62. The van der Waals surface area contributed by atoms with Crippen molar-refractivity contribution in [1.29, 1.82) is 0 Å². The molecule has 1 aliphatic carbocycles. The van der Waals surface area contributed by atoms with Crippen LogP contribution in [-0.2, 0) is 11.2 Å². The summed E-state index contributed by atoms with van der Waals surface area (Å²) in [5.41, 5.74) is 2.34. The molecule has 1 aromatic carbocycles. The predicted molar refractivity (Wildman–Crippen MR) is 124 cm³/mol. The molecule has 5 rings (SSSR count). The molecular formula is C26H24N2O5. The summed E-state index contributed by atoms with van der Waals surface area (Å²) >= 11 is 0. The summed E-state index contributed by atoms with van der Waals surface area (Å²) in [5, 5.41) is 0.844. The van der Waals surface area contributed by atoms with Gasteiger partial charge in [0.2, 0.25) is 5.88 Å². The van der Waals surface area contributed by atoms with Gasteiger partial charge in [0.1, 0.15) is 35.1 Å². The minimum Gasteiger partial charge on any atom is -0.497 e. The maximum absolute atomic E-state index is 11.6. The fourth-order valence-corrected chi connectivity index (χ4v) is 4.04. The van der Waals surface area contributed by atoms with Crippen molar-refractivity contribution in [2.45, 2.75) is 38.4 Å². The first-order chi connectivity index (χ1) is 15.9. The van der Waals surface area contributed by atoms with E-state index >= 15 is 0 Å². The average Bonchev–Trinajstić information content (AvgIpc) is 3.04. The van der Waals surface area contributed by atoms with Gasteiger partial charge in [0.25, 0.3) is 0 Å². The second kappa shape index (κ2) is 8.24. The molecule has 3 heterocycles. The van der Waals surface area contributed by atoms with E-state index in [4.69, 9.17) is 18.6 Å². The Hall–Kier alpha value is -3.87. The second-order valence-corrected chi connectivity index (χ2v) is 8.58. The average molecular weight is 444 g/mol. The van der Waals surface area contributed by atoms with Crippen molar-refractivity contribution in [3.8, 4) is 11.6 Å². The summed E-state index contributed by atoms with van der Waals surface area (Å²) in [7, 11) is 1.65. The number of methoxy groups -OCH3 is 1. The third kappa shape index (κ3) is 4.26. The number of nitrogens with zero attached hydrogens (tertiary/aromatic N) is 2. The summed E-state index contributed by atoms with van der Waals surface area (Å²) in [6.07, 6.45) is 10.5. The van der Waals surface area contributed by atoms with Gasteiger partial charge in [0.05, 0.1) is 12.8 Å². The van der Waals surface area contributed by atoms with E-state index in [-0.39, 0.29) is 11.7 Å². The number of fused-ring (bicyclic) bond motifs is 2. The summed E-state index contributed by atoms with van der Waals surface area (Å²) in [6.45, 7) is 3.95. The molecule has 0 spiro atoms. The number of hydrogen-bond donors (Lipinski definition) is 0. The van der Waals surface area contributed by atoms with Crippen LogP contribution in [0.1, 0.15) is 31.5 Å². The third-order valence-electron chi connectivity index (χ3n) is 5.89. The van der Waals surface area contributed by atoms with Crippen LogP contribution >= 0.6 is 0 Å². The molecule has 2 aromatic heterocycles. The molecule has 0 amide bonds. The Morgan fingerprint density at radius 1 is 1.12 bits per heavy atom. The lowest BCUT2D eigenvalue weighted by atomic mass is 9.90. The first-order valence-electron chi connectivity index (χ1n) is 10.8. The number of rotatable bonds is 4. The van der Waals surface area contributed by atoms with E-state index in [1.54, 1.807) is 19.2 Å². The van der Waals surface area contributed by atoms with Gasteiger partial charge in [0, 0.05) is 30.0 Å². The normalized spacial score (nSPS) is 19.1. The monoisotopic (exact) mass is 444 g/mol. The maximum Gasteiger partial charge on any atom is 0.336 e. The number of benzene rings is 1. The second-order valence-electron chi connectivity index (χ2n) is 8.58. The highest BCUT2D eigenvalue weighted by Gasteiger charge is 2.39. The van der Waals surface area contributed by atoms with E-state index in [1.807, 2.05) is 50.3 Å². The molecule has 168 valence electrons. The van der Waals surface area contributed by atoms with Gasteiger partial charge in [-0.15, -0.1) is 0 Å². The lowest BCUT2D eigenvalue weighted by Gasteiger charge is -2.39. The summed E-state index contributed by atoms with van der Waals surface area (Å²) in [4.78, 5) is 20.3. The third-order valence-corrected chi connectivity index (χ3v) is 5.89. The molecular weight excluding hydrogens is 420 g/mol. The van der Waals surface area contributed by atoms with Crippen molar-refractivity contribution in [2.24, 2.45) is 0 Å². The highest BCUT2D eigenvalue weighted by atomic mass is 16.6. The topological polar surface area (TPSA) is 83.7 Å². The van der Waals surface area contributed by atoms with Crippen LogP contribution in [0.5, 0.6) is 11.6 Å². The Morgan fingerprint density at radius 2 is 2.00 bits per heavy atom. The zero-order chi connectivity index (χ0) is 23.0. The van der Waals surface area contributed by atoms with Crippen molar-refractivity contribution in [1.82, 2.24) is 9.97 Å². The van der Waals surface area contributed by atoms with Crippen LogP contribution in [0.4, 0.5) is 0 Å². The maximum atomic E-state index is 11.6. The molecule has 2 aliphatic rings. The van der Waals surface area contributed by atoms with Crippen LogP contribution in [0.2, 0.25) is 0 Å². The molecule has 0 fully saturated rings. The highest BCUT2D eigenvalue weighted by Crippen LogP contribution is 2.37. The Morgan fingerprint density at radius 3 is 2.85 bits per heavy atom. The SMILES string of the molecule is COC1=CC=C(c2cc(O[C@H]3Cc4cc5ccc(=O)oc5cc4OC3(C)C)ncn2)CC=C1. The van der Waals surface area contributed by atoms with E-state index < -0.39 is 5.60 Å². The van der Waals surface area contributed by atoms with Crippen molar-refractivity contribution in [3.63, 3.8) is 0 Å². The Bertz CT molecular complexity index is 1370. The number of hydrogen-bond acceptors (Lipinski definition) is 7. The minimum absolute atomic E-state index is 0.274. The Labute approximate surface area is 191 Å². The smallest absolute Gasteiger partial charge is 0.336 e. The van der Waals surface area contributed by atoms with Gasteiger partial charge in [-0.1, -0.05) is 12.2 Å². The first-order valence-corrected chi connectivity index (χ1v) is 10.8. The molecule has 1 aliphatic heterocycles. The zero-order valence-electron chi connectivity index (χ0n) is 18.7. The molecule has 0 unspecified atom stereocenters. The van der Waals surface area contributed by atoms with E-state index in [1.165, 1.54) is 12.4 Å². The molecule has 7 nitrogen and oxygen atoms in total. The van der Waals surface area contributed by atoms with Crippen LogP contribution in [0.15, 0.2) is 75.9 Å². The van der Waals surface area contributed by atoms with Gasteiger partial charge in [0.15, 0.2) is 0 Å². The number of ether oxygens (including phenoxy) is 3. The summed E-state index contributed by atoms with van der Waals surface area (Å²) in [6, 6.07) is 8.78. The van der Waals surface area contributed by atoms with Crippen LogP contribution in [0.25, 0.3) is 16.5 Å². The molecule has 1 atom stereocenters. The van der Waals surface area contributed by atoms with Crippen molar-refractivity contribution >= 4 is 16.5 Å². The molecule has 0 radical (unpaired) electrons. The Kier molecular flexibility index (Phi) is 5.24. The van der Waals surface area contributed by atoms with Crippen LogP contribution in [-0.4, -0.2) is 28.8 Å².